The average molecular weight is 259 g/mol. The van der Waals surface area contributed by atoms with E-state index in [2.05, 4.69) is 48.2 Å². The van der Waals surface area contributed by atoms with Gasteiger partial charge in [-0.3, -0.25) is 0 Å². The molecule has 0 radical (unpaired) electrons. The van der Waals surface area contributed by atoms with E-state index in [0.717, 1.165) is 10.9 Å². The highest BCUT2D eigenvalue weighted by Gasteiger charge is 2.14. The van der Waals surface area contributed by atoms with Gasteiger partial charge in [0.25, 0.3) is 0 Å². The molecule has 0 spiro atoms. The number of nitrogens with one attached hydrogen (secondary N) is 1. The Morgan fingerprint density at radius 1 is 1.32 bits per heavy atom. The minimum atomic E-state index is -0.0497. The lowest BCUT2D eigenvalue weighted by atomic mass is 9.86. The first-order valence-corrected chi connectivity index (χ1v) is 6.55. The maximum atomic E-state index is 9.02. The highest BCUT2D eigenvalue weighted by Crippen LogP contribution is 2.25. The molecule has 0 aliphatic carbocycles. The van der Waals surface area contributed by atoms with Crippen molar-refractivity contribution in [1.82, 2.24) is 9.97 Å². The summed E-state index contributed by atoms with van der Waals surface area (Å²) in [4.78, 5) is 8.74. The van der Waals surface area contributed by atoms with Crippen LogP contribution >= 0.6 is 0 Å². The fourth-order valence-electron chi connectivity index (χ4n) is 1.84. The number of benzene rings is 1. The van der Waals surface area contributed by atoms with Gasteiger partial charge in [0.1, 0.15) is 0 Å². The maximum Gasteiger partial charge on any atom is 0.223 e. The summed E-state index contributed by atoms with van der Waals surface area (Å²) in [5.74, 6) is 0.553. The number of nitrogens with zero attached hydrogens (tertiary/aromatic N) is 2. The van der Waals surface area contributed by atoms with Gasteiger partial charge >= 0.3 is 0 Å². The molecule has 0 aliphatic rings. The summed E-state index contributed by atoms with van der Waals surface area (Å²) in [5, 5.41) is 13.1. The molecule has 0 unspecified atom stereocenters. The molecule has 2 aromatic rings. The lowest BCUT2D eigenvalue weighted by Crippen LogP contribution is -2.20. The zero-order valence-corrected chi connectivity index (χ0v) is 11.9. The third-order valence-electron chi connectivity index (χ3n) is 3.10. The molecular formula is C15H21N3O. The van der Waals surface area contributed by atoms with Crippen LogP contribution < -0.4 is 5.32 Å². The summed E-state index contributed by atoms with van der Waals surface area (Å²) in [5.41, 5.74) is 2.31. The lowest BCUT2D eigenvalue weighted by molar-refractivity contribution is 0.281. The number of fused-ring (bicyclic) bond motifs is 1. The molecule has 0 aliphatic heterocycles. The van der Waals surface area contributed by atoms with Crippen LogP contribution in [0.1, 0.15) is 33.3 Å². The van der Waals surface area contributed by atoms with E-state index in [9.17, 15) is 0 Å². The average Bonchev–Trinajstić information content (AvgIpc) is 2.36. The standard InChI is InChI=1S/C15H21N3O/c1-10(9-19)17-14-16-8-11-7-12(15(2,3)4)5-6-13(11)18-14/h5-8,10,19H,9H2,1-4H3,(H,16,17,18)/t10-/m1/s1. The van der Waals surface area contributed by atoms with Gasteiger partial charge < -0.3 is 10.4 Å². The molecule has 0 saturated carbocycles. The van der Waals surface area contributed by atoms with Crippen LogP contribution in [0.15, 0.2) is 24.4 Å². The van der Waals surface area contributed by atoms with Gasteiger partial charge in [0, 0.05) is 17.6 Å². The third kappa shape index (κ3) is 3.20. The molecule has 2 N–H and O–H groups in total. The second-order valence-corrected chi connectivity index (χ2v) is 5.95. The molecule has 4 heteroatoms. The quantitative estimate of drug-likeness (QED) is 0.890. The van der Waals surface area contributed by atoms with Crippen LogP contribution in [-0.2, 0) is 5.41 Å². The number of anilines is 1. The molecule has 1 aromatic heterocycles. The van der Waals surface area contributed by atoms with Crippen molar-refractivity contribution >= 4 is 16.9 Å². The van der Waals surface area contributed by atoms with Crippen LogP contribution in [0.3, 0.4) is 0 Å². The largest absolute Gasteiger partial charge is 0.394 e. The number of hydrogen-bond donors (Lipinski definition) is 2. The van der Waals surface area contributed by atoms with Gasteiger partial charge in [-0.25, -0.2) is 9.97 Å². The van der Waals surface area contributed by atoms with Crippen molar-refractivity contribution in [1.29, 1.82) is 0 Å². The van der Waals surface area contributed by atoms with Crippen molar-refractivity contribution < 1.29 is 5.11 Å². The Bertz CT molecular complexity index is 575. The van der Waals surface area contributed by atoms with E-state index in [1.807, 2.05) is 19.2 Å². The smallest absolute Gasteiger partial charge is 0.223 e. The lowest BCUT2D eigenvalue weighted by Gasteiger charge is -2.19. The molecule has 19 heavy (non-hydrogen) atoms. The van der Waals surface area contributed by atoms with Crippen LogP contribution in [0.5, 0.6) is 0 Å². The highest BCUT2D eigenvalue weighted by atomic mass is 16.3. The van der Waals surface area contributed by atoms with Crippen molar-refractivity contribution in [2.75, 3.05) is 11.9 Å². The van der Waals surface area contributed by atoms with E-state index in [1.165, 1.54) is 5.56 Å². The fraction of sp³-hybridized carbons (Fsp3) is 0.467. The SMILES string of the molecule is C[C@H](CO)Nc1ncc2cc(C(C)(C)C)ccc2n1. The van der Waals surface area contributed by atoms with Gasteiger partial charge in [-0.1, -0.05) is 26.8 Å². The van der Waals surface area contributed by atoms with Crippen LogP contribution in [0.25, 0.3) is 10.9 Å². The minimum absolute atomic E-state index is 0.0497. The molecule has 0 saturated heterocycles. The molecule has 0 amide bonds. The van der Waals surface area contributed by atoms with E-state index in [-0.39, 0.29) is 18.1 Å². The van der Waals surface area contributed by atoms with E-state index < -0.39 is 0 Å². The Morgan fingerprint density at radius 3 is 2.68 bits per heavy atom. The second kappa shape index (κ2) is 5.13. The highest BCUT2D eigenvalue weighted by molar-refractivity contribution is 5.79. The Hall–Kier alpha value is -1.68. The number of aliphatic hydroxyl groups is 1. The predicted octanol–water partition coefficient (Wildman–Crippen LogP) is 2.72. The first-order valence-electron chi connectivity index (χ1n) is 6.55. The van der Waals surface area contributed by atoms with E-state index in [1.54, 1.807) is 0 Å². The van der Waals surface area contributed by atoms with Crippen molar-refractivity contribution in [3.63, 3.8) is 0 Å². The van der Waals surface area contributed by atoms with Crippen LogP contribution in [0, 0.1) is 0 Å². The first kappa shape index (κ1) is 13.7. The summed E-state index contributed by atoms with van der Waals surface area (Å²) in [6.07, 6.45) is 1.82. The van der Waals surface area contributed by atoms with Gasteiger partial charge in [0.2, 0.25) is 5.95 Å². The summed E-state index contributed by atoms with van der Waals surface area (Å²) in [7, 11) is 0. The van der Waals surface area contributed by atoms with Gasteiger partial charge in [-0.05, 0) is 30.0 Å². The third-order valence-corrected chi connectivity index (χ3v) is 3.10. The summed E-state index contributed by atoms with van der Waals surface area (Å²) >= 11 is 0. The molecular weight excluding hydrogens is 238 g/mol. The molecule has 2 rings (SSSR count). The van der Waals surface area contributed by atoms with Crippen LogP contribution in [0.2, 0.25) is 0 Å². The summed E-state index contributed by atoms with van der Waals surface area (Å²) < 4.78 is 0. The Kier molecular flexibility index (Phi) is 3.71. The molecule has 102 valence electrons. The monoisotopic (exact) mass is 259 g/mol. The zero-order chi connectivity index (χ0) is 14.0. The molecule has 0 fully saturated rings. The maximum absolute atomic E-state index is 9.02. The summed E-state index contributed by atoms with van der Waals surface area (Å²) in [6, 6.07) is 6.21. The van der Waals surface area contributed by atoms with Crippen LogP contribution in [-0.4, -0.2) is 27.7 Å². The summed E-state index contributed by atoms with van der Waals surface area (Å²) in [6.45, 7) is 8.51. The molecule has 1 atom stereocenters. The normalized spacial score (nSPS) is 13.5. The molecule has 1 aromatic carbocycles. The first-order chi connectivity index (χ1) is 8.90. The molecule has 0 bridgehead atoms. The number of rotatable bonds is 3. The van der Waals surface area contributed by atoms with Gasteiger partial charge in [-0.2, -0.15) is 0 Å². The Labute approximate surface area is 113 Å². The van der Waals surface area contributed by atoms with E-state index in [0.29, 0.717) is 5.95 Å². The van der Waals surface area contributed by atoms with Crippen molar-refractivity contribution in [3.05, 3.63) is 30.0 Å². The van der Waals surface area contributed by atoms with Crippen LogP contribution in [0.4, 0.5) is 5.95 Å². The Balaban J connectivity index is 2.35. The predicted molar refractivity (Wildman–Crippen MR) is 78.4 cm³/mol. The Morgan fingerprint density at radius 2 is 2.05 bits per heavy atom. The topological polar surface area (TPSA) is 58.0 Å². The fourth-order valence-corrected chi connectivity index (χ4v) is 1.84. The van der Waals surface area contributed by atoms with Gasteiger partial charge in [-0.15, -0.1) is 0 Å². The number of aliphatic hydroxyl groups excluding tert-OH is 1. The van der Waals surface area contributed by atoms with Gasteiger partial charge in [0.05, 0.1) is 12.1 Å². The van der Waals surface area contributed by atoms with Gasteiger partial charge in [0.15, 0.2) is 0 Å². The van der Waals surface area contributed by atoms with Crippen molar-refractivity contribution in [2.24, 2.45) is 0 Å². The number of aromatic nitrogens is 2. The zero-order valence-electron chi connectivity index (χ0n) is 11.9. The minimum Gasteiger partial charge on any atom is -0.394 e. The van der Waals surface area contributed by atoms with Crippen molar-refractivity contribution in [2.45, 2.75) is 39.2 Å². The molecule has 4 nitrogen and oxygen atoms in total. The van der Waals surface area contributed by atoms with E-state index in [4.69, 9.17) is 5.11 Å². The van der Waals surface area contributed by atoms with E-state index >= 15 is 0 Å². The number of hydrogen-bond acceptors (Lipinski definition) is 4. The molecule has 1 heterocycles. The second-order valence-electron chi connectivity index (χ2n) is 5.95. The van der Waals surface area contributed by atoms with Crippen molar-refractivity contribution in [3.8, 4) is 0 Å².